The number of carbonyl (C=O) groups excluding carboxylic acids is 1. The lowest BCUT2D eigenvalue weighted by molar-refractivity contribution is -0.125. The summed E-state index contributed by atoms with van der Waals surface area (Å²) in [5, 5.41) is 24.5. The number of carboxylic acids is 1. The molecule has 0 aromatic heterocycles. The van der Waals surface area contributed by atoms with E-state index >= 15 is 0 Å². The summed E-state index contributed by atoms with van der Waals surface area (Å²) >= 11 is 0. The summed E-state index contributed by atoms with van der Waals surface area (Å²) in [6.45, 7) is 3.48. The van der Waals surface area contributed by atoms with Crippen molar-refractivity contribution in [1.29, 1.82) is 0 Å². The van der Waals surface area contributed by atoms with Gasteiger partial charge in [0.15, 0.2) is 0 Å². The molecule has 6 nitrogen and oxygen atoms in total. The first-order valence-corrected chi connectivity index (χ1v) is 7.07. The summed E-state index contributed by atoms with van der Waals surface area (Å²) in [7, 11) is 0. The number of amides is 1. The van der Waals surface area contributed by atoms with Crippen LogP contribution in [0.15, 0.2) is 18.2 Å². The number of hydrogen-bond acceptors (Lipinski definition) is 4. The fourth-order valence-corrected chi connectivity index (χ4v) is 2.79. The van der Waals surface area contributed by atoms with Gasteiger partial charge in [0.2, 0.25) is 5.91 Å². The SMILES string of the molecule is CCCC1(C(=O)Nc2ccc(O)c(C(=O)O)c2)CCNC1. The van der Waals surface area contributed by atoms with E-state index in [0.29, 0.717) is 12.2 Å². The lowest BCUT2D eigenvalue weighted by Gasteiger charge is -2.26. The summed E-state index contributed by atoms with van der Waals surface area (Å²) in [5.74, 6) is -1.64. The van der Waals surface area contributed by atoms with Gasteiger partial charge in [-0.1, -0.05) is 13.3 Å². The first kappa shape index (κ1) is 15.3. The molecule has 114 valence electrons. The molecule has 0 bridgehead atoms. The molecule has 0 spiro atoms. The number of hydrogen-bond donors (Lipinski definition) is 4. The Hall–Kier alpha value is -2.08. The molecule has 21 heavy (non-hydrogen) atoms. The van der Waals surface area contributed by atoms with Crippen molar-refractivity contribution >= 4 is 17.6 Å². The zero-order chi connectivity index (χ0) is 15.5. The van der Waals surface area contributed by atoms with Crippen LogP contribution in [0.2, 0.25) is 0 Å². The van der Waals surface area contributed by atoms with Crippen LogP contribution in [0.5, 0.6) is 5.75 Å². The largest absolute Gasteiger partial charge is 0.507 e. The van der Waals surface area contributed by atoms with E-state index in [1.54, 1.807) is 0 Å². The maximum absolute atomic E-state index is 12.5. The second-order valence-corrected chi connectivity index (χ2v) is 5.45. The number of rotatable bonds is 5. The summed E-state index contributed by atoms with van der Waals surface area (Å²) in [6, 6.07) is 4.05. The zero-order valence-corrected chi connectivity index (χ0v) is 12.0. The highest BCUT2D eigenvalue weighted by molar-refractivity contribution is 5.98. The number of nitrogens with one attached hydrogen (secondary N) is 2. The van der Waals surface area contributed by atoms with Crippen molar-refractivity contribution in [2.75, 3.05) is 18.4 Å². The quantitative estimate of drug-likeness (QED) is 0.620. The van der Waals surface area contributed by atoms with Crippen molar-refractivity contribution in [1.82, 2.24) is 5.32 Å². The third kappa shape index (κ3) is 3.16. The van der Waals surface area contributed by atoms with Crippen LogP contribution in [0.1, 0.15) is 36.5 Å². The van der Waals surface area contributed by atoms with Gasteiger partial charge in [0.1, 0.15) is 11.3 Å². The van der Waals surface area contributed by atoms with E-state index in [9.17, 15) is 14.7 Å². The van der Waals surface area contributed by atoms with Crippen LogP contribution in [0, 0.1) is 5.41 Å². The Bertz CT molecular complexity index is 551. The third-order valence-corrected chi connectivity index (χ3v) is 3.94. The van der Waals surface area contributed by atoms with E-state index in [2.05, 4.69) is 10.6 Å². The molecule has 1 atom stereocenters. The number of phenols is 1. The molecule has 1 fully saturated rings. The van der Waals surface area contributed by atoms with Crippen molar-refractivity contribution in [3.63, 3.8) is 0 Å². The Morgan fingerprint density at radius 1 is 1.43 bits per heavy atom. The number of aromatic carboxylic acids is 1. The standard InChI is InChI=1S/C15H20N2O4/c1-2-5-15(6-7-16-9-15)14(21)17-10-3-4-12(18)11(8-10)13(19)20/h3-4,8,16,18H,2,5-7,9H2,1H3,(H,17,21)(H,19,20). The van der Waals surface area contributed by atoms with E-state index in [4.69, 9.17) is 5.11 Å². The van der Waals surface area contributed by atoms with Crippen molar-refractivity contribution < 1.29 is 19.8 Å². The average Bonchev–Trinajstić information content (AvgIpc) is 2.91. The van der Waals surface area contributed by atoms with Crippen LogP contribution in [-0.4, -0.2) is 35.2 Å². The van der Waals surface area contributed by atoms with Crippen LogP contribution in [0.4, 0.5) is 5.69 Å². The van der Waals surface area contributed by atoms with Gasteiger partial charge < -0.3 is 20.8 Å². The topological polar surface area (TPSA) is 98.7 Å². The second-order valence-electron chi connectivity index (χ2n) is 5.45. The molecule has 1 aromatic rings. The van der Waals surface area contributed by atoms with Gasteiger partial charge in [-0.25, -0.2) is 4.79 Å². The first-order valence-electron chi connectivity index (χ1n) is 7.07. The Labute approximate surface area is 123 Å². The molecule has 1 aliphatic rings. The molecule has 6 heteroatoms. The van der Waals surface area contributed by atoms with E-state index in [-0.39, 0.29) is 17.2 Å². The minimum absolute atomic E-state index is 0.101. The van der Waals surface area contributed by atoms with E-state index in [0.717, 1.165) is 25.8 Å². The predicted octanol–water partition coefficient (Wildman–Crippen LogP) is 1.81. The van der Waals surface area contributed by atoms with Gasteiger partial charge in [0.05, 0.1) is 5.41 Å². The minimum atomic E-state index is -1.23. The highest BCUT2D eigenvalue weighted by Crippen LogP contribution is 2.33. The second kappa shape index (κ2) is 6.13. The van der Waals surface area contributed by atoms with Crippen LogP contribution in [-0.2, 0) is 4.79 Å². The van der Waals surface area contributed by atoms with E-state index in [1.165, 1.54) is 18.2 Å². The molecule has 1 heterocycles. The summed E-state index contributed by atoms with van der Waals surface area (Å²) < 4.78 is 0. The zero-order valence-electron chi connectivity index (χ0n) is 12.0. The Kier molecular flexibility index (Phi) is 4.47. The number of benzene rings is 1. The normalized spacial score (nSPS) is 21.2. The van der Waals surface area contributed by atoms with E-state index < -0.39 is 11.4 Å². The molecule has 1 unspecified atom stereocenters. The molecule has 4 N–H and O–H groups in total. The van der Waals surface area contributed by atoms with Crippen molar-refractivity contribution in [2.45, 2.75) is 26.2 Å². The smallest absolute Gasteiger partial charge is 0.339 e. The van der Waals surface area contributed by atoms with Gasteiger partial charge in [-0.15, -0.1) is 0 Å². The van der Waals surface area contributed by atoms with Crippen LogP contribution in [0.25, 0.3) is 0 Å². The van der Waals surface area contributed by atoms with E-state index in [1.807, 2.05) is 6.92 Å². The van der Waals surface area contributed by atoms with Gasteiger partial charge in [-0.05, 0) is 37.6 Å². The molecule has 2 rings (SSSR count). The maximum Gasteiger partial charge on any atom is 0.339 e. The first-order chi connectivity index (χ1) is 9.98. The van der Waals surface area contributed by atoms with Gasteiger partial charge in [-0.3, -0.25) is 4.79 Å². The van der Waals surface area contributed by atoms with Gasteiger partial charge in [0, 0.05) is 12.2 Å². The number of carbonyl (C=O) groups is 2. The van der Waals surface area contributed by atoms with Crippen molar-refractivity contribution in [3.8, 4) is 5.75 Å². The molecule has 0 radical (unpaired) electrons. The van der Waals surface area contributed by atoms with Gasteiger partial charge in [0.25, 0.3) is 0 Å². The molecular weight excluding hydrogens is 272 g/mol. The Balaban J connectivity index is 2.19. The fraction of sp³-hybridized carbons (Fsp3) is 0.467. The lowest BCUT2D eigenvalue weighted by Crippen LogP contribution is -2.38. The molecule has 0 aliphatic carbocycles. The highest BCUT2D eigenvalue weighted by atomic mass is 16.4. The number of anilines is 1. The summed E-state index contributed by atoms with van der Waals surface area (Å²) in [4.78, 5) is 23.5. The van der Waals surface area contributed by atoms with Gasteiger partial charge in [-0.2, -0.15) is 0 Å². The summed E-state index contributed by atoms with van der Waals surface area (Å²) in [6.07, 6.45) is 2.47. The number of aromatic hydroxyl groups is 1. The highest BCUT2D eigenvalue weighted by Gasteiger charge is 2.40. The molecule has 1 saturated heterocycles. The minimum Gasteiger partial charge on any atom is -0.507 e. The van der Waals surface area contributed by atoms with Crippen molar-refractivity contribution in [2.24, 2.45) is 5.41 Å². The lowest BCUT2D eigenvalue weighted by atomic mass is 9.81. The van der Waals surface area contributed by atoms with Crippen molar-refractivity contribution in [3.05, 3.63) is 23.8 Å². The van der Waals surface area contributed by atoms with Gasteiger partial charge >= 0.3 is 5.97 Å². The predicted molar refractivity (Wildman–Crippen MR) is 78.5 cm³/mol. The molecule has 0 saturated carbocycles. The summed E-state index contributed by atoms with van der Waals surface area (Å²) in [5.41, 5.74) is -0.268. The van der Waals surface area contributed by atoms with Crippen LogP contribution in [0.3, 0.4) is 0 Å². The fourth-order valence-electron chi connectivity index (χ4n) is 2.79. The van der Waals surface area contributed by atoms with Crippen LogP contribution < -0.4 is 10.6 Å². The molecular formula is C15H20N2O4. The molecule has 1 aromatic carbocycles. The third-order valence-electron chi connectivity index (χ3n) is 3.94. The maximum atomic E-state index is 12.5. The molecule has 1 amide bonds. The Morgan fingerprint density at radius 3 is 2.76 bits per heavy atom. The molecule has 1 aliphatic heterocycles. The average molecular weight is 292 g/mol. The number of carboxylic acid groups (broad SMARTS) is 1. The van der Waals surface area contributed by atoms with Crippen LogP contribution >= 0.6 is 0 Å². The monoisotopic (exact) mass is 292 g/mol. The Morgan fingerprint density at radius 2 is 2.19 bits per heavy atom.